The highest BCUT2D eigenvalue weighted by atomic mass is 35.5. The minimum Gasteiger partial charge on any atom is -0.491 e. The number of halogens is 1. The first-order valence-electron chi connectivity index (χ1n) is 6.15. The molecule has 1 aromatic carbocycles. The normalized spacial score (nSPS) is 12.3. The number of hydrogen-bond donors (Lipinski definition) is 1. The van der Waals surface area contributed by atoms with E-state index in [2.05, 4.69) is 5.32 Å². The molecule has 0 saturated carbocycles. The monoisotopic (exact) mass is 269 g/mol. The first-order chi connectivity index (χ1) is 8.52. The van der Waals surface area contributed by atoms with Crippen molar-refractivity contribution in [3.8, 4) is 5.75 Å². The van der Waals surface area contributed by atoms with Gasteiger partial charge in [0.05, 0.1) is 12.1 Å². The lowest BCUT2D eigenvalue weighted by molar-refractivity contribution is -0.121. The predicted octanol–water partition coefficient (Wildman–Crippen LogP) is 3.28. The molecule has 0 aliphatic carbocycles. The molecule has 1 N–H and O–H groups in total. The third-order valence-electron chi connectivity index (χ3n) is 2.43. The summed E-state index contributed by atoms with van der Waals surface area (Å²) in [6, 6.07) is 7.72. The second kappa shape index (κ2) is 7.27. The van der Waals surface area contributed by atoms with Crippen LogP contribution in [-0.4, -0.2) is 17.9 Å². The highest BCUT2D eigenvalue weighted by Crippen LogP contribution is 2.20. The van der Waals surface area contributed by atoms with E-state index in [9.17, 15) is 4.79 Å². The van der Waals surface area contributed by atoms with E-state index in [4.69, 9.17) is 16.3 Å². The van der Waals surface area contributed by atoms with E-state index < -0.39 is 0 Å². The van der Waals surface area contributed by atoms with Gasteiger partial charge in [0.1, 0.15) is 5.75 Å². The molecule has 100 valence electrons. The van der Waals surface area contributed by atoms with Crippen LogP contribution in [0.2, 0.25) is 0 Å². The van der Waals surface area contributed by atoms with Crippen LogP contribution in [0, 0.1) is 0 Å². The number of amides is 1. The SMILES string of the molecule is CC(C)Oc1cccc(C(C)NC(=O)CCCl)c1. The Morgan fingerprint density at radius 3 is 2.72 bits per heavy atom. The van der Waals surface area contributed by atoms with E-state index in [1.165, 1.54) is 0 Å². The Morgan fingerprint density at radius 2 is 2.11 bits per heavy atom. The lowest BCUT2D eigenvalue weighted by Gasteiger charge is -2.16. The standard InChI is InChI=1S/C14H20ClNO2/c1-10(2)18-13-6-4-5-12(9-13)11(3)16-14(17)7-8-15/h4-6,9-11H,7-8H2,1-3H3,(H,16,17). The molecule has 0 radical (unpaired) electrons. The van der Waals surface area contributed by atoms with E-state index in [1.54, 1.807) is 0 Å². The molecule has 1 rings (SSSR count). The summed E-state index contributed by atoms with van der Waals surface area (Å²) in [7, 11) is 0. The Kier molecular flexibility index (Phi) is 5.99. The molecule has 0 saturated heterocycles. The van der Waals surface area contributed by atoms with Crippen LogP contribution in [0.4, 0.5) is 0 Å². The van der Waals surface area contributed by atoms with Crippen molar-refractivity contribution in [2.45, 2.75) is 39.3 Å². The Hall–Kier alpha value is -1.22. The zero-order chi connectivity index (χ0) is 13.5. The fraction of sp³-hybridized carbons (Fsp3) is 0.500. The predicted molar refractivity (Wildman–Crippen MR) is 74.1 cm³/mol. The van der Waals surface area contributed by atoms with Gasteiger partial charge >= 0.3 is 0 Å². The molecule has 1 atom stereocenters. The molecular weight excluding hydrogens is 250 g/mol. The maximum atomic E-state index is 11.5. The largest absolute Gasteiger partial charge is 0.491 e. The summed E-state index contributed by atoms with van der Waals surface area (Å²) in [5, 5.41) is 2.90. The lowest BCUT2D eigenvalue weighted by atomic mass is 10.1. The molecule has 0 aliphatic rings. The highest BCUT2D eigenvalue weighted by Gasteiger charge is 2.10. The van der Waals surface area contributed by atoms with Gasteiger partial charge in [-0.25, -0.2) is 0 Å². The molecular formula is C14H20ClNO2. The maximum Gasteiger partial charge on any atom is 0.221 e. The minimum atomic E-state index is -0.0450. The van der Waals surface area contributed by atoms with Gasteiger partial charge in [0, 0.05) is 12.3 Å². The van der Waals surface area contributed by atoms with Crippen LogP contribution in [0.15, 0.2) is 24.3 Å². The average molecular weight is 270 g/mol. The Morgan fingerprint density at radius 1 is 1.39 bits per heavy atom. The summed E-state index contributed by atoms with van der Waals surface area (Å²) >= 11 is 5.53. The molecule has 0 aromatic heterocycles. The topological polar surface area (TPSA) is 38.3 Å². The van der Waals surface area contributed by atoms with Gasteiger partial charge in [0.2, 0.25) is 5.91 Å². The average Bonchev–Trinajstić information content (AvgIpc) is 2.28. The molecule has 18 heavy (non-hydrogen) atoms. The van der Waals surface area contributed by atoms with Gasteiger partial charge in [-0.3, -0.25) is 4.79 Å². The first kappa shape index (κ1) is 14.8. The molecule has 0 aliphatic heterocycles. The summed E-state index contributed by atoms with van der Waals surface area (Å²) < 4.78 is 5.62. The van der Waals surface area contributed by atoms with Gasteiger partial charge < -0.3 is 10.1 Å². The van der Waals surface area contributed by atoms with Crippen molar-refractivity contribution in [3.05, 3.63) is 29.8 Å². The van der Waals surface area contributed by atoms with E-state index in [0.717, 1.165) is 11.3 Å². The second-order valence-electron chi connectivity index (χ2n) is 4.47. The van der Waals surface area contributed by atoms with Crippen molar-refractivity contribution >= 4 is 17.5 Å². The first-order valence-corrected chi connectivity index (χ1v) is 6.68. The number of ether oxygens (including phenoxy) is 1. The summed E-state index contributed by atoms with van der Waals surface area (Å²) in [5.74, 6) is 1.13. The number of nitrogens with one attached hydrogen (secondary N) is 1. The van der Waals surface area contributed by atoms with Gasteiger partial charge in [-0.05, 0) is 38.5 Å². The van der Waals surface area contributed by atoms with Gasteiger partial charge in [0.25, 0.3) is 0 Å². The van der Waals surface area contributed by atoms with Crippen molar-refractivity contribution in [3.63, 3.8) is 0 Å². The molecule has 0 bridgehead atoms. The summed E-state index contributed by atoms with van der Waals surface area (Å²) in [6.45, 7) is 5.91. The van der Waals surface area contributed by atoms with Gasteiger partial charge in [-0.2, -0.15) is 0 Å². The number of hydrogen-bond acceptors (Lipinski definition) is 2. The Labute approximate surface area is 113 Å². The Bertz CT molecular complexity index is 393. The Balaban J connectivity index is 2.67. The molecule has 0 heterocycles. The van der Waals surface area contributed by atoms with Crippen molar-refractivity contribution in [2.75, 3.05) is 5.88 Å². The van der Waals surface area contributed by atoms with Crippen LogP contribution < -0.4 is 10.1 Å². The van der Waals surface area contributed by atoms with E-state index in [1.807, 2.05) is 45.0 Å². The highest BCUT2D eigenvalue weighted by molar-refractivity contribution is 6.18. The van der Waals surface area contributed by atoms with Crippen LogP contribution >= 0.6 is 11.6 Å². The van der Waals surface area contributed by atoms with E-state index in [-0.39, 0.29) is 18.1 Å². The number of carbonyl (C=O) groups is 1. The molecule has 1 amide bonds. The van der Waals surface area contributed by atoms with Gasteiger partial charge in [0.15, 0.2) is 0 Å². The number of benzene rings is 1. The fourth-order valence-corrected chi connectivity index (χ4v) is 1.78. The van der Waals surface area contributed by atoms with Crippen molar-refractivity contribution in [1.29, 1.82) is 0 Å². The number of rotatable bonds is 6. The lowest BCUT2D eigenvalue weighted by Crippen LogP contribution is -2.26. The van der Waals surface area contributed by atoms with Crippen LogP contribution in [-0.2, 0) is 4.79 Å². The smallest absolute Gasteiger partial charge is 0.221 e. The summed E-state index contributed by atoms with van der Waals surface area (Å²) in [5.41, 5.74) is 1.02. The summed E-state index contributed by atoms with van der Waals surface area (Å²) in [4.78, 5) is 11.5. The van der Waals surface area contributed by atoms with Crippen LogP contribution in [0.25, 0.3) is 0 Å². The van der Waals surface area contributed by atoms with Crippen molar-refractivity contribution < 1.29 is 9.53 Å². The third-order valence-corrected chi connectivity index (χ3v) is 2.62. The van der Waals surface area contributed by atoms with Crippen molar-refractivity contribution in [1.82, 2.24) is 5.32 Å². The van der Waals surface area contributed by atoms with Gasteiger partial charge in [-0.15, -0.1) is 11.6 Å². The molecule has 1 aromatic rings. The molecule has 1 unspecified atom stereocenters. The molecule has 4 heteroatoms. The van der Waals surface area contributed by atoms with Gasteiger partial charge in [-0.1, -0.05) is 12.1 Å². The third kappa shape index (κ3) is 4.96. The molecule has 3 nitrogen and oxygen atoms in total. The van der Waals surface area contributed by atoms with E-state index >= 15 is 0 Å². The van der Waals surface area contributed by atoms with Crippen molar-refractivity contribution in [2.24, 2.45) is 0 Å². The van der Waals surface area contributed by atoms with Crippen LogP contribution in [0.1, 0.15) is 38.8 Å². The number of carbonyl (C=O) groups excluding carboxylic acids is 1. The van der Waals surface area contributed by atoms with Crippen LogP contribution in [0.5, 0.6) is 5.75 Å². The quantitative estimate of drug-likeness (QED) is 0.805. The second-order valence-corrected chi connectivity index (χ2v) is 4.85. The molecule has 0 spiro atoms. The maximum absolute atomic E-state index is 11.5. The number of alkyl halides is 1. The zero-order valence-corrected chi connectivity index (χ0v) is 11.8. The molecule has 0 fully saturated rings. The zero-order valence-electron chi connectivity index (χ0n) is 11.1. The fourth-order valence-electron chi connectivity index (χ4n) is 1.61. The summed E-state index contributed by atoms with van der Waals surface area (Å²) in [6.07, 6.45) is 0.482. The minimum absolute atomic E-state index is 0.0346. The van der Waals surface area contributed by atoms with Crippen LogP contribution in [0.3, 0.4) is 0 Å². The van der Waals surface area contributed by atoms with E-state index in [0.29, 0.717) is 12.3 Å².